The van der Waals surface area contributed by atoms with Crippen LogP contribution in [0.5, 0.6) is 5.75 Å². The number of aromatic hydroxyl groups is 1. The van der Waals surface area contributed by atoms with Crippen molar-refractivity contribution in [3.05, 3.63) is 80.7 Å². The van der Waals surface area contributed by atoms with E-state index in [4.69, 9.17) is 11.6 Å². The lowest BCUT2D eigenvalue weighted by atomic mass is 10.0. The highest BCUT2D eigenvalue weighted by atomic mass is 35.5. The number of nitrogens with one attached hydrogen (secondary N) is 1. The fourth-order valence-corrected chi connectivity index (χ4v) is 4.09. The highest BCUT2D eigenvalue weighted by Gasteiger charge is 2.15. The van der Waals surface area contributed by atoms with Gasteiger partial charge in [-0.3, -0.25) is 14.2 Å². The van der Waals surface area contributed by atoms with Gasteiger partial charge in [0, 0.05) is 21.5 Å². The van der Waals surface area contributed by atoms with Gasteiger partial charge >= 0.3 is 0 Å². The Morgan fingerprint density at radius 1 is 1.32 bits per heavy atom. The molecule has 1 amide bonds. The van der Waals surface area contributed by atoms with Gasteiger partial charge in [0.15, 0.2) is 0 Å². The lowest BCUT2D eigenvalue weighted by Gasteiger charge is -2.06. The minimum Gasteiger partial charge on any atom is -0.507 e. The van der Waals surface area contributed by atoms with Crippen molar-refractivity contribution in [2.45, 2.75) is 13.5 Å². The highest BCUT2D eigenvalue weighted by molar-refractivity contribution is 7.17. The van der Waals surface area contributed by atoms with Crippen LogP contribution in [0.2, 0.25) is 5.02 Å². The van der Waals surface area contributed by atoms with Gasteiger partial charge < -0.3 is 5.11 Å². The number of hydrogen-bond donors (Lipinski definition) is 2. The number of phenolic OH excluding ortho intramolecular Hbond substituents is 1. The Kier molecular flexibility index (Phi) is 5.83. The summed E-state index contributed by atoms with van der Waals surface area (Å²) < 4.78 is 1.24. The van der Waals surface area contributed by atoms with Crippen molar-refractivity contribution in [1.29, 1.82) is 0 Å². The molecule has 0 aliphatic carbocycles. The number of para-hydroxylation sites is 1. The van der Waals surface area contributed by atoms with E-state index in [1.165, 1.54) is 34.5 Å². The molecule has 2 aromatic carbocycles. The summed E-state index contributed by atoms with van der Waals surface area (Å²) in [5.41, 5.74) is 5.03. The van der Waals surface area contributed by atoms with Crippen LogP contribution in [-0.2, 0) is 11.3 Å². The van der Waals surface area contributed by atoms with Gasteiger partial charge in [-0.2, -0.15) is 5.10 Å². The zero-order valence-electron chi connectivity index (χ0n) is 16.4. The fourth-order valence-electron chi connectivity index (χ4n) is 3.07. The molecule has 0 spiro atoms. The molecule has 156 valence electrons. The molecule has 2 N–H and O–H groups in total. The molecule has 0 unspecified atom stereocenters. The maximum atomic E-state index is 13.1. The number of carbonyl (C=O) groups excluding carboxylic acids is 1. The molecule has 31 heavy (non-hydrogen) atoms. The van der Waals surface area contributed by atoms with E-state index in [2.05, 4.69) is 15.5 Å². The Hall–Kier alpha value is -3.49. The van der Waals surface area contributed by atoms with Gasteiger partial charge in [0.05, 0.1) is 17.9 Å². The largest absolute Gasteiger partial charge is 0.507 e. The number of carbonyl (C=O) groups is 1. The van der Waals surface area contributed by atoms with Crippen LogP contribution in [0.3, 0.4) is 0 Å². The first-order valence-corrected chi connectivity index (χ1v) is 10.5. The second-order valence-electron chi connectivity index (χ2n) is 6.82. The third-order valence-corrected chi connectivity index (χ3v) is 5.98. The highest BCUT2D eigenvalue weighted by Crippen LogP contribution is 2.32. The molecular formula is C22H17ClN4O3S. The normalized spacial score (nSPS) is 11.3. The molecule has 2 heterocycles. The van der Waals surface area contributed by atoms with Crippen molar-refractivity contribution < 1.29 is 9.90 Å². The molecule has 0 saturated heterocycles. The van der Waals surface area contributed by atoms with Crippen LogP contribution in [0.15, 0.2) is 64.1 Å². The van der Waals surface area contributed by atoms with Crippen LogP contribution in [-0.4, -0.2) is 26.8 Å². The molecule has 7 nitrogen and oxygen atoms in total. The minimum atomic E-state index is -0.492. The molecule has 0 atom stereocenters. The predicted molar refractivity (Wildman–Crippen MR) is 123 cm³/mol. The van der Waals surface area contributed by atoms with Crippen LogP contribution in [0.1, 0.15) is 11.1 Å². The van der Waals surface area contributed by atoms with Gasteiger partial charge in [-0.1, -0.05) is 29.8 Å². The summed E-state index contributed by atoms with van der Waals surface area (Å²) in [6.45, 7) is 1.66. The van der Waals surface area contributed by atoms with E-state index in [9.17, 15) is 14.7 Å². The second kappa shape index (κ2) is 8.71. The Balaban J connectivity index is 1.58. The van der Waals surface area contributed by atoms with E-state index in [-0.39, 0.29) is 17.9 Å². The molecule has 0 bridgehead atoms. The molecule has 0 aliphatic heterocycles. The summed E-state index contributed by atoms with van der Waals surface area (Å²) in [5, 5.41) is 16.5. The molecule has 9 heteroatoms. The van der Waals surface area contributed by atoms with Crippen LogP contribution >= 0.6 is 22.9 Å². The van der Waals surface area contributed by atoms with E-state index in [0.717, 1.165) is 16.7 Å². The van der Waals surface area contributed by atoms with E-state index < -0.39 is 5.91 Å². The van der Waals surface area contributed by atoms with Gasteiger partial charge in [-0.25, -0.2) is 10.4 Å². The van der Waals surface area contributed by atoms with Crippen molar-refractivity contribution in [1.82, 2.24) is 15.0 Å². The Morgan fingerprint density at radius 2 is 2.13 bits per heavy atom. The molecule has 0 fully saturated rings. The zero-order valence-corrected chi connectivity index (χ0v) is 17.9. The molecule has 2 aromatic heterocycles. The van der Waals surface area contributed by atoms with Crippen molar-refractivity contribution in [2.24, 2.45) is 5.10 Å². The first-order valence-electron chi connectivity index (χ1n) is 9.27. The lowest BCUT2D eigenvalue weighted by Crippen LogP contribution is -2.30. The number of nitrogens with zero attached hydrogens (tertiary/aromatic N) is 3. The molecule has 0 radical (unpaired) electrons. The van der Waals surface area contributed by atoms with Gasteiger partial charge in [0.25, 0.3) is 11.5 Å². The third-order valence-electron chi connectivity index (χ3n) is 4.67. The maximum Gasteiger partial charge on any atom is 0.263 e. The number of hydrogen-bond acceptors (Lipinski definition) is 6. The minimum absolute atomic E-state index is 0.0498. The van der Waals surface area contributed by atoms with Gasteiger partial charge in [0.1, 0.15) is 17.1 Å². The molecule has 4 aromatic rings. The van der Waals surface area contributed by atoms with Crippen molar-refractivity contribution >= 4 is 45.3 Å². The number of benzene rings is 2. The molecular weight excluding hydrogens is 436 g/mol. The number of aromatic nitrogens is 2. The number of halogens is 1. The Labute approximate surface area is 186 Å². The standard InChI is InChI=1S/C22H17ClN4O3S/c1-13-8-14(6-7-17(13)23)16-11-31-21-20(16)22(30)27(12-24-21)10-19(29)26-25-9-15-4-2-3-5-18(15)28/h2-9,11-12,28H,10H2,1H3,(H,26,29)/b25-9+. The van der Waals surface area contributed by atoms with Crippen molar-refractivity contribution in [2.75, 3.05) is 0 Å². The quantitative estimate of drug-likeness (QED) is 0.354. The summed E-state index contributed by atoms with van der Waals surface area (Å²) >= 11 is 7.49. The smallest absolute Gasteiger partial charge is 0.263 e. The molecule has 4 rings (SSSR count). The monoisotopic (exact) mass is 452 g/mol. The number of hydrazone groups is 1. The number of aryl methyl sites for hydroxylation is 1. The topological polar surface area (TPSA) is 96.6 Å². The van der Waals surface area contributed by atoms with Gasteiger partial charge in [-0.15, -0.1) is 11.3 Å². The predicted octanol–water partition coefficient (Wildman–Crippen LogP) is 3.94. The van der Waals surface area contributed by atoms with Crippen LogP contribution in [0.4, 0.5) is 0 Å². The maximum absolute atomic E-state index is 13.1. The fraction of sp³-hybridized carbons (Fsp3) is 0.0909. The number of rotatable bonds is 5. The zero-order chi connectivity index (χ0) is 22.0. The first-order chi connectivity index (χ1) is 14.9. The molecule has 0 saturated carbocycles. The summed E-state index contributed by atoms with van der Waals surface area (Å²) in [5.74, 6) is -0.442. The number of fused-ring (bicyclic) bond motifs is 1. The Morgan fingerprint density at radius 3 is 2.90 bits per heavy atom. The first kappa shape index (κ1) is 20.8. The number of phenols is 1. The average Bonchev–Trinajstić information content (AvgIpc) is 3.18. The number of amides is 1. The summed E-state index contributed by atoms with van der Waals surface area (Å²) in [4.78, 5) is 30.3. The SMILES string of the molecule is Cc1cc(-c2csc3ncn(CC(=O)N/N=C/c4ccccc4O)c(=O)c23)ccc1Cl. The second-order valence-corrected chi connectivity index (χ2v) is 8.09. The summed E-state index contributed by atoms with van der Waals surface area (Å²) in [7, 11) is 0. The lowest BCUT2D eigenvalue weighted by molar-refractivity contribution is -0.121. The van der Waals surface area contributed by atoms with Crippen LogP contribution in [0, 0.1) is 6.92 Å². The van der Waals surface area contributed by atoms with E-state index in [1.54, 1.807) is 24.3 Å². The van der Waals surface area contributed by atoms with Crippen LogP contribution < -0.4 is 11.0 Å². The van der Waals surface area contributed by atoms with Crippen LogP contribution in [0.25, 0.3) is 21.3 Å². The summed E-state index contributed by atoms with van der Waals surface area (Å²) in [6, 6.07) is 12.2. The van der Waals surface area contributed by atoms with Crippen molar-refractivity contribution in [3.8, 4) is 16.9 Å². The van der Waals surface area contributed by atoms with Gasteiger partial charge in [-0.05, 0) is 42.3 Å². The van der Waals surface area contributed by atoms with Gasteiger partial charge in [0.2, 0.25) is 0 Å². The molecule has 0 aliphatic rings. The van der Waals surface area contributed by atoms with E-state index in [1.807, 2.05) is 24.4 Å². The van der Waals surface area contributed by atoms with Crippen molar-refractivity contribution in [3.63, 3.8) is 0 Å². The van der Waals surface area contributed by atoms with E-state index in [0.29, 0.717) is 20.8 Å². The Bertz CT molecular complexity index is 1380. The number of thiophene rings is 1. The average molecular weight is 453 g/mol. The summed E-state index contributed by atoms with van der Waals surface area (Å²) in [6.07, 6.45) is 2.68. The third kappa shape index (κ3) is 4.35. The van der Waals surface area contributed by atoms with E-state index >= 15 is 0 Å².